The van der Waals surface area contributed by atoms with E-state index < -0.39 is 6.10 Å². The Morgan fingerprint density at radius 1 is 1.13 bits per heavy atom. The number of hydrogen-bond acceptors (Lipinski definition) is 6. The molecule has 2 heterocycles. The third-order valence-corrected chi connectivity index (χ3v) is 7.18. The molecule has 1 aromatic heterocycles. The van der Waals surface area contributed by atoms with E-state index in [1.807, 2.05) is 60.3 Å². The van der Waals surface area contributed by atoms with E-state index in [4.69, 9.17) is 18.9 Å². The number of imidazole rings is 1. The monoisotopic (exact) mass is 514 g/mol. The molecule has 0 saturated heterocycles. The Morgan fingerprint density at radius 3 is 2.71 bits per heavy atom. The first-order chi connectivity index (χ1) is 18.5. The summed E-state index contributed by atoms with van der Waals surface area (Å²) in [6.45, 7) is 0.415. The van der Waals surface area contributed by atoms with Crippen LogP contribution in [0.5, 0.6) is 23.0 Å². The maximum atomic E-state index is 15.0. The molecule has 1 aliphatic carbocycles. The van der Waals surface area contributed by atoms with Gasteiger partial charge in [-0.25, -0.2) is 9.37 Å². The molecule has 38 heavy (non-hydrogen) atoms. The minimum absolute atomic E-state index is 0.0475. The number of ether oxygens (including phenoxy) is 4. The van der Waals surface area contributed by atoms with Crippen molar-refractivity contribution >= 4 is 5.97 Å². The maximum Gasteiger partial charge on any atom is 0.306 e. The fourth-order valence-corrected chi connectivity index (χ4v) is 5.25. The third-order valence-electron chi connectivity index (χ3n) is 7.18. The highest BCUT2D eigenvalue weighted by atomic mass is 19.1. The molecule has 1 unspecified atom stereocenters. The summed E-state index contributed by atoms with van der Waals surface area (Å²) in [7, 11) is 3.33. The molecular weight excluding hydrogens is 487 g/mol. The average Bonchev–Trinajstić information content (AvgIpc) is 3.65. The summed E-state index contributed by atoms with van der Waals surface area (Å²) < 4.78 is 40.0. The largest absolute Gasteiger partial charge is 0.492 e. The van der Waals surface area contributed by atoms with Crippen LogP contribution in [0.3, 0.4) is 0 Å². The lowest BCUT2D eigenvalue weighted by Gasteiger charge is -2.17. The number of fused-ring (bicyclic) bond motifs is 2. The molecule has 6 rings (SSSR count). The summed E-state index contributed by atoms with van der Waals surface area (Å²) in [5.41, 5.74) is 3.28. The Labute approximate surface area is 219 Å². The van der Waals surface area contributed by atoms with Crippen LogP contribution in [0, 0.1) is 5.82 Å². The van der Waals surface area contributed by atoms with Crippen molar-refractivity contribution in [1.82, 2.24) is 9.55 Å². The molecular formula is C30H27FN2O5. The molecule has 8 heteroatoms. The van der Waals surface area contributed by atoms with Crippen molar-refractivity contribution in [3.8, 4) is 34.4 Å². The minimum atomic E-state index is -0.440. The summed E-state index contributed by atoms with van der Waals surface area (Å²) in [6, 6.07) is 16.4. The van der Waals surface area contributed by atoms with Gasteiger partial charge in [0.1, 0.15) is 40.7 Å². The van der Waals surface area contributed by atoms with Gasteiger partial charge in [0.25, 0.3) is 0 Å². The van der Waals surface area contributed by atoms with Gasteiger partial charge in [0.2, 0.25) is 0 Å². The van der Waals surface area contributed by atoms with Gasteiger partial charge >= 0.3 is 5.97 Å². The second kappa shape index (κ2) is 9.85. The molecule has 0 amide bonds. The van der Waals surface area contributed by atoms with E-state index in [0.29, 0.717) is 48.0 Å². The lowest BCUT2D eigenvalue weighted by Crippen LogP contribution is -2.09. The van der Waals surface area contributed by atoms with Gasteiger partial charge in [-0.05, 0) is 55.3 Å². The van der Waals surface area contributed by atoms with Crippen LogP contribution in [-0.2, 0) is 23.0 Å². The highest BCUT2D eigenvalue weighted by Crippen LogP contribution is 2.44. The predicted molar refractivity (Wildman–Crippen MR) is 138 cm³/mol. The molecule has 3 aromatic carbocycles. The first-order valence-corrected chi connectivity index (χ1v) is 12.6. The summed E-state index contributed by atoms with van der Waals surface area (Å²) in [6.07, 6.45) is 4.76. The van der Waals surface area contributed by atoms with Crippen LogP contribution < -0.4 is 14.2 Å². The molecule has 0 radical (unpaired) electrons. The molecule has 7 nitrogen and oxygen atoms in total. The summed E-state index contributed by atoms with van der Waals surface area (Å²) in [5, 5.41) is 0. The molecule has 0 N–H and O–H groups in total. The van der Waals surface area contributed by atoms with Crippen LogP contribution >= 0.6 is 0 Å². The highest BCUT2D eigenvalue weighted by molar-refractivity contribution is 5.71. The number of aryl methyl sites for hydroxylation is 1. The first kappa shape index (κ1) is 24.0. The second-order valence-electron chi connectivity index (χ2n) is 9.56. The molecule has 194 valence electrons. The number of rotatable bonds is 7. The summed E-state index contributed by atoms with van der Waals surface area (Å²) in [5.74, 6) is 2.81. The lowest BCUT2D eigenvalue weighted by atomic mass is 9.98. The van der Waals surface area contributed by atoms with Crippen molar-refractivity contribution in [2.24, 2.45) is 7.05 Å². The maximum absolute atomic E-state index is 15.0. The summed E-state index contributed by atoms with van der Waals surface area (Å²) in [4.78, 5) is 16.1. The summed E-state index contributed by atoms with van der Waals surface area (Å²) >= 11 is 0. The van der Waals surface area contributed by atoms with E-state index in [2.05, 4.69) is 4.98 Å². The Balaban J connectivity index is 1.19. The van der Waals surface area contributed by atoms with Crippen LogP contribution in [0.2, 0.25) is 0 Å². The van der Waals surface area contributed by atoms with Gasteiger partial charge < -0.3 is 23.5 Å². The van der Waals surface area contributed by atoms with Crippen molar-refractivity contribution in [2.45, 2.75) is 31.3 Å². The average molecular weight is 515 g/mol. The van der Waals surface area contributed by atoms with Gasteiger partial charge in [0, 0.05) is 53.7 Å². The number of benzene rings is 3. The fourth-order valence-electron chi connectivity index (χ4n) is 5.25. The van der Waals surface area contributed by atoms with Gasteiger partial charge in [0.05, 0.1) is 20.1 Å². The quantitative estimate of drug-likeness (QED) is 0.277. The molecule has 0 bridgehead atoms. The Kier molecular flexibility index (Phi) is 6.23. The Hall–Kier alpha value is -4.33. The number of methoxy groups -OCH3 is 1. The zero-order chi connectivity index (χ0) is 26.2. The smallest absolute Gasteiger partial charge is 0.306 e. The number of nitrogens with zero attached hydrogens (tertiary/aromatic N) is 2. The fraction of sp³-hybridized carbons (Fsp3) is 0.267. The van der Waals surface area contributed by atoms with Gasteiger partial charge in [-0.2, -0.15) is 0 Å². The lowest BCUT2D eigenvalue weighted by molar-refractivity contribution is -0.141. The van der Waals surface area contributed by atoms with Gasteiger partial charge in [-0.1, -0.05) is 6.07 Å². The van der Waals surface area contributed by atoms with Gasteiger partial charge in [-0.3, -0.25) is 4.79 Å². The van der Waals surface area contributed by atoms with Crippen molar-refractivity contribution in [2.75, 3.05) is 13.7 Å². The number of esters is 1. The Bertz CT molecular complexity index is 1500. The molecule has 4 aromatic rings. The van der Waals surface area contributed by atoms with Crippen LogP contribution in [0.4, 0.5) is 4.39 Å². The van der Waals surface area contributed by atoms with Crippen LogP contribution in [-0.4, -0.2) is 29.2 Å². The topological polar surface area (TPSA) is 71.8 Å². The van der Waals surface area contributed by atoms with Crippen LogP contribution in [0.1, 0.15) is 41.6 Å². The van der Waals surface area contributed by atoms with Crippen LogP contribution in [0.15, 0.2) is 67.0 Å². The van der Waals surface area contributed by atoms with E-state index in [-0.39, 0.29) is 24.1 Å². The molecule has 0 saturated carbocycles. The zero-order valence-corrected chi connectivity index (χ0v) is 21.1. The van der Waals surface area contributed by atoms with Crippen molar-refractivity contribution in [1.29, 1.82) is 0 Å². The first-order valence-electron chi connectivity index (χ1n) is 12.6. The highest BCUT2D eigenvalue weighted by Gasteiger charge is 2.32. The standard InChI is InChI=1S/C30H27FN2O5/c1-33-14-13-32-30(33)18-3-5-20(6-4-18)37-25-12-10-24(31)29-23(25)9-11-26(29)38-21-7-8-22-19(15-28(34)35-2)17-36-27(22)16-21/h3-8,10,12-14,16,19,26H,9,11,15,17H2,1-2H3/t19?,26-/m1/s1. The van der Waals surface area contributed by atoms with E-state index >= 15 is 4.39 Å². The molecule has 1 aliphatic heterocycles. The number of hydrogen-bond donors (Lipinski definition) is 0. The van der Waals surface area contributed by atoms with Crippen LogP contribution in [0.25, 0.3) is 11.4 Å². The zero-order valence-electron chi connectivity index (χ0n) is 21.1. The minimum Gasteiger partial charge on any atom is -0.492 e. The van der Waals surface area contributed by atoms with Gasteiger partial charge in [0.15, 0.2) is 0 Å². The predicted octanol–water partition coefficient (Wildman–Crippen LogP) is 6.12. The molecule has 0 spiro atoms. The van der Waals surface area contributed by atoms with Crippen molar-refractivity contribution in [3.63, 3.8) is 0 Å². The molecule has 2 aliphatic rings. The van der Waals surface area contributed by atoms with Gasteiger partial charge in [-0.15, -0.1) is 0 Å². The second-order valence-corrected chi connectivity index (χ2v) is 9.56. The molecule has 0 fully saturated rings. The number of halogens is 1. The van der Waals surface area contributed by atoms with E-state index in [1.165, 1.54) is 13.2 Å². The van der Waals surface area contributed by atoms with Crippen molar-refractivity contribution < 1.29 is 28.1 Å². The SMILES string of the molecule is COC(=O)CC1COc2cc(O[C@@H]3CCc4c(Oc5ccc(-c6nccn6C)cc5)ccc(F)c43)ccc21. The van der Waals surface area contributed by atoms with Crippen molar-refractivity contribution in [3.05, 3.63) is 89.5 Å². The Morgan fingerprint density at radius 2 is 1.95 bits per heavy atom. The molecule has 2 atom stereocenters. The number of carbonyl (C=O) groups is 1. The van der Waals surface area contributed by atoms with E-state index in [0.717, 1.165) is 22.5 Å². The number of aromatic nitrogens is 2. The van der Waals surface area contributed by atoms with E-state index in [1.54, 1.807) is 12.3 Å². The number of carbonyl (C=O) groups excluding carboxylic acids is 1. The third kappa shape index (κ3) is 4.47. The van der Waals surface area contributed by atoms with E-state index in [9.17, 15) is 4.79 Å². The normalized spacial score (nSPS) is 17.4.